The molecule has 0 aliphatic heterocycles. The van der Waals surface area contributed by atoms with Gasteiger partial charge >= 0.3 is 5.97 Å². The molecule has 0 N–H and O–H groups in total. The summed E-state index contributed by atoms with van der Waals surface area (Å²) in [4.78, 5) is 17.1. The van der Waals surface area contributed by atoms with Gasteiger partial charge in [-0.05, 0) is 47.1 Å². The van der Waals surface area contributed by atoms with E-state index in [1.165, 1.54) is 11.3 Å². The highest BCUT2D eigenvalue weighted by atomic mass is 79.9. The summed E-state index contributed by atoms with van der Waals surface area (Å²) in [5.74, 6) is -0.313. The fraction of sp³-hybridized carbons (Fsp3) is 0.143. The van der Waals surface area contributed by atoms with Crippen molar-refractivity contribution in [2.24, 2.45) is 0 Å². The highest BCUT2D eigenvalue weighted by Gasteiger charge is 2.18. The summed E-state index contributed by atoms with van der Waals surface area (Å²) >= 11 is 6.25. The summed E-state index contributed by atoms with van der Waals surface area (Å²) in [6, 6.07) is 11.5. The van der Waals surface area contributed by atoms with Crippen LogP contribution in [0.1, 0.15) is 27.7 Å². The largest absolute Gasteiger partial charge is 0.451 e. The Bertz CT molecular complexity index is 732. The molecule has 3 aromatic rings. The summed E-state index contributed by atoms with van der Waals surface area (Å²) < 4.78 is 7.48. The lowest BCUT2D eigenvalue weighted by molar-refractivity contribution is 0.0343. The van der Waals surface area contributed by atoms with Gasteiger partial charge in [0.25, 0.3) is 0 Å². The maximum Gasteiger partial charge on any atom is 0.349 e. The molecule has 0 fully saturated rings. The minimum atomic E-state index is -0.347. The van der Waals surface area contributed by atoms with Crippen LogP contribution in [-0.4, -0.2) is 11.0 Å². The Hall–Kier alpha value is -1.24. The fourth-order valence-electron chi connectivity index (χ4n) is 1.76. The minimum Gasteiger partial charge on any atom is -0.451 e. The van der Waals surface area contributed by atoms with Crippen molar-refractivity contribution in [3.63, 3.8) is 0 Å². The standard InChI is InChI=1S/C14H10BrNO2S2/c1-8(18-14(17)11-6-7-12(15)19-11)13-16-9-4-2-3-5-10(9)20-13/h2-8H,1H3/t8-/m1/s1. The SMILES string of the molecule is C[C@@H](OC(=O)c1ccc(Br)s1)c1nc2ccccc2s1. The van der Waals surface area contributed by atoms with Crippen molar-refractivity contribution < 1.29 is 9.53 Å². The third kappa shape index (κ3) is 2.77. The van der Waals surface area contributed by atoms with Crippen LogP contribution in [0.15, 0.2) is 40.2 Å². The molecule has 0 aliphatic rings. The number of esters is 1. The normalized spacial score (nSPS) is 12.5. The van der Waals surface area contributed by atoms with Crippen LogP contribution in [0.2, 0.25) is 0 Å². The van der Waals surface area contributed by atoms with Crippen LogP contribution < -0.4 is 0 Å². The summed E-state index contributed by atoms with van der Waals surface area (Å²) in [7, 11) is 0. The lowest BCUT2D eigenvalue weighted by atomic mass is 10.3. The van der Waals surface area contributed by atoms with Gasteiger partial charge in [-0.1, -0.05) is 12.1 Å². The molecule has 0 aliphatic carbocycles. The zero-order valence-corrected chi connectivity index (χ0v) is 13.7. The van der Waals surface area contributed by atoms with Gasteiger partial charge < -0.3 is 4.74 Å². The molecular weight excluding hydrogens is 358 g/mol. The molecule has 0 saturated carbocycles. The Balaban J connectivity index is 1.78. The monoisotopic (exact) mass is 367 g/mol. The van der Waals surface area contributed by atoms with Gasteiger partial charge in [-0.2, -0.15) is 0 Å². The zero-order chi connectivity index (χ0) is 14.1. The fourth-order valence-corrected chi connectivity index (χ4v) is 3.97. The maximum atomic E-state index is 12.0. The molecule has 0 unspecified atom stereocenters. The zero-order valence-electron chi connectivity index (χ0n) is 10.5. The van der Waals surface area contributed by atoms with Crippen LogP contribution in [-0.2, 0) is 4.74 Å². The van der Waals surface area contributed by atoms with Gasteiger partial charge in [-0.25, -0.2) is 9.78 Å². The number of benzene rings is 1. The average Bonchev–Trinajstić information content (AvgIpc) is 3.04. The van der Waals surface area contributed by atoms with Crippen molar-refractivity contribution in [1.82, 2.24) is 4.98 Å². The van der Waals surface area contributed by atoms with Gasteiger partial charge in [0.2, 0.25) is 0 Å². The number of ether oxygens (including phenoxy) is 1. The van der Waals surface area contributed by atoms with Crippen LogP contribution in [0.3, 0.4) is 0 Å². The number of nitrogens with zero attached hydrogens (tertiary/aromatic N) is 1. The molecule has 102 valence electrons. The van der Waals surface area contributed by atoms with Crippen LogP contribution in [0.25, 0.3) is 10.2 Å². The van der Waals surface area contributed by atoms with Crippen molar-refractivity contribution in [2.75, 3.05) is 0 Å². The number of thiophene rings is 1. The number of thiazole rings is 1. The number of fused-ring (bicyclic) bond motifs is 1. The molecule has 1 atom stereocenters. The van der Waals surface area contributed by atoms with E-state index >= 15 is 0 Å². The number of carbonyl (C=O) groups is 1. The molecule has 1 aromatic carbocycles. The molecule has 20 heavy (non-hydrogen) atoms. The van der Waals surface area contributed by atoms with E-state index in [1.807, 2.05) is 37.3 Å². The van der Waals surface area contributed by atoms with Gasteiger partial charge in [-0.3, -0.25) is 0 Å². The predicted molar refractivity (Wildman–Crippen MR) is 85.5 cm³/mol. The summed E-state index contributed by atoms with van der Waals surface area (Å²) in [5.41, 5.74) is 0.939. The molecule has 0 saturated heterocycles. The number of hydrogen-bond acceptors (Lipinski definition) is 5. The van der Waals surface area contributed by atoms with Crippen LogP contribution in [0, 0.1) is 0 Å². The van der Waals surface area contributed by atoms with E-state index in [0.29, 0.717) is 4.88 Å². The van der Waals surface area contributed by atoms with E-state index in [2.05, 4.69) is 20.9 Å². The molecule has 3 nitrogen and oxygen atoms in total. The number of aromatic nitrogens is 1. The highest BCUT2D eigenvalue weighted by Crippen LogP contribution is 2.29. The Morgan fingerprint density at radius 2 is 2.05 bits per heavy atom. The second kappa shape index (κ2) is 5.63. The molecule has 2 heterocycles. The van der Waals surface area contributed by atoms with Crippen molar-refractivity contribution in [1.29, 1.82) is 0 Å². The summed E-state index contributed by atoms with van der Waals surface area (Å²) in [5, 5.41) is 0.815. The van der Waals surface area contributed by atoms with E-state index in [4.69, 9.17) is 4.74 Å². The third-order valence-electron chi connectivity index (χ3n) is 2.72. The first-order valence-corrected chi connectivity index (χ1v) is 8.38. The maximum absolute atomic E-state index is 12.0. The minimum absolute atomic E-state index is 0.313. The van der Waals surface area contributed by atoms with Gasteiger partial charge in [0.1, 0.15) is 9.88 Å². The first kappa shape index (κ1) is 13.7. The Kier molecular flexibility index (Phi) is 3.87. The van der Waals surface area contributed by atoms with Crippen LogP contribution in [0.5, 0.6) is 0 Å². The molecule has 3 rings (SSSR count). The average molecular weight is 368 g/mol. The lowest BCUT2D eigenvalue weighted by Gasteiger charge is -2.09. The highest BCUT2D eigenvalue weighted by molar-refractivity contribution is 9.11. The van der Waals surface area contributed by atoms with Crippen LogP contribution in [0.4, 0.5) is 0 Å². The molecule has 0 bridgehead atoms. The summed E-state index contributed by atoms with van der Waals surface area (Å²) in [6.45, 7) is 1.85. The van der Waals surface area contributed by atoms with Gasteiger partial charge in [0.05, 0.1) is 14.0 Å². The second-order valence-electron chi connectivity index (χ2n) is 4.17. The first-order chi connectivity index (χ1) is 9.63. The molecule has 6 heteroatoms. The van der Waals surface area contributed by atoms with E-state index in [-0.39, 0.29) is 12.1 Å². The van der Waals surface area contributed by atoms with E-state index in [0.717, 1.165) is 19.0 Å². The quantitative estimate of drug-likeness (QED) is 0.608. The molecule has 0 spiro atoms. The Labute approximate surface area is 132 Å². The van der Waals surface area contributed by atoms with E-state index in [9.17, 15) is 4.79 Å². The molecule has 0 amide bonds. The Morgan fingerprint density at radius 3 is 2.75 bits per heavy atom. The lowest BCUT2D eigenvalue weighted by Crippen LogP contribution is -2.07. The van der Waals surface area contributed by atoms with Crippen molar-refractivity contribution in [3.8, 4) is 0 Å². The van der Waals surface area contributed by atoms with Gasteiger partial charge in [-0.15, -0.1) is 22.7 Å². The van der Waals surface area contributed by atoms with Crippen LogP contribution >= 0.6 is 38.6 Å². The smallest absolute Gasteiger partial charge is 0.349 e. The predicted octanol–water partition coefficient (Wildman–Crippen LogP) is 5.04. The van der Waals surface area contributed by atoms with Crippen molar-refractivity contribution in [3.05, 3.63) is 50.1 Å². The van der Waals surface area contributed by atoms with Gasteiger partial charge in [0, 0.05) is 0 Å². The summed E-state index contributed by atoms with van der Waals surface area (Å²) in [6.07, 6.45) is -0.347. The van der Waals surface area contributed by atoms with E-state index in [1.54, 1.807) is 17.4 Å². The van der Waals surface area contributed by atoms with Gasteiger partial charge in [0.15, 0.2) is 6.10 Å². The van der Waals surface area contributed by atoms with E-state index < -0.39 is 0 Å². The number of hydrogen-bond donors (Lipinski definition) is 0. The second-order valence-corrected chi connectivity index (χ2v) is 7.70. The van der Waals surface area contributed by atoms with Crippen molar-refractivity contribution >= 4 is 54.8 Å². The number of halogens is 1. The molecule has 0 radical (unpaired) electrons. The van der Waals surface area contributed by atoms with Crippen molar-refractivity contribution in [2.45, 2.75) is 13.0 Å². The third-order valence-corrected chi connectivity index (χ3v) is 5.52. The molecule has 2 aromatic heterocycles. The number of carbonyl (C=O) groups excluding carboxylic acids is 1. The first-order valence-electron chi connectivity index (χ1n) is 5.95. The Morgan fingerprint density at radius 1 is 1.25 bits per heavy atom. The molecular formula is C14H10BrNO2S2. The topological polar surface area (TPSA) is 39.2 Å². The number of rotatable bonds is 3. The number of para-hydroxylation sites is 1.